The molecular weight excluding hydrogens is 192 g/mol. The van der Waals surface area contributed by atoms with Crippen LogP contribution < -0.4 is 0 Å². The first-order chi connectivity index (χ1) is 5.68. The van der Waals surface area contributed by atoms with Gasteiger partial charge in [-0.15, -0.1) is 11.3 Å². The van der Waals surface area contributed by atoms with Crippen molar-refractivity contribution in [3.63, 3.8) is 0 Å². The highest BCUT2D eigenvalue weighted by Gasteiger charge is 1.99. The smallest absolute Gasteiger partial charge is 0.221 e. The lowest BCUT2D eigenvalue weighted by molar-refractivity contribution is -0.111. The maximum Gasteiger partial charge on any atom is 0.221 e. The van der Waals surface area contributed by atoms with Crippen LogP contribution in [0, 0.1) is 6.92 Å². The van der Waals surface area contributed by atoms with E-state index in [-0.39, 0.29) is 5.24 Å². The summed E-state index contributed by atoms with van der Waals surface area (Å²) < 4.78 is 0. The molecule has 0 bridgehead atoms. The molecular formula is C9H11ClOS. The highest BCUT2D eigenvalue weighted by atomic mass is 35.5. The van der Waals surface area contributed by atoms with E-state index in [4.69, 9.17) is 11.6 Å². The van der Waals surface area contributed by atoms with Gasteiger partial charge in [-0.3, -0.25) is 4.79 Å². The summed E-state index contributed by atoms with van der Waals surface area (Å²) in [5.74, 6) is 0. The molecule has 0 saturated heterocycles. The number of hydrogen-bond acceptors (Lipinski definition) is 2. The molecule has 0 aliphatic carbocycles. The Morgan fingerprint density at radius 2 is 2.42 bits per heavy atom. The molecule has 0 spiro atoms. The molecule has 1 heterocycles. The lowest BCUT2D eigenvalue weighted by Crippen LogP contribution is -1.87. The maximum absolute atomic E-state index is 10.4. The zero-order chi connectivity index (χ0) is 8.97. The molecule has 0 amide bonds. The molecule has 1 nitrogen and oxygen atoms in total. The SMILES string of the molecule is Cc1csc(CCCC(=O)Cl)c1. The van der Waals surface area contributed by atoms with E-state index < -0.39 is 0 Å². The van der Waals surface area contributed by atoms with E-state index >= 15 is 0 Å². The van der Waals surface area contributed by atoms with Gasteiger partial charge in [0.1, 0.15) is 0 Å². The first-order valence-corrected chi connectivity index (χ1v) is 5.16. The molecule has 1 aromatic heterocycles. The molecule has 0 atom stereocenters. The van der Waals surface area contributed by atoms with Gasteiger partial charge in [-0.2, -0.15) is 0 Å². The van der Waals surface area contributed by atoms with Crippen LogP contribution in [0.2, 0.25) is 0 Å². The fourth-order valence-corrected chi connectivity index (χ4v) is 2.08. The van der Waals surface area contributed by atoms with Crippen LogP contribution in [-0.4, -0.2) is 5.24 Å². The Balaban J connectivity index is 2.29. The van der Waals surface area contributed by atoms with Crippen LogP contribution in [0.4, 0.5) is 0 Å². The van der Waals surface area contributed by atoms with Gasteiger partial charge < -0.3 is 0 Å². The Kier molecular flexibility index (Phi) is 3.76. The van der Waals surface area contributed by atoms with Crippen LogP contribution in [0.25, 0.3) is 0 Å². The molecule has 12 heavy (non-hydrogen) atoms. The van der Waals surface area contributed by atoms with Crippen molar-refractivity contribution in [3.05, 3.63) is 21.9 Å². The Morgan fingerprint density at radius 3 is 2.92 bits per heavy atom. The number of rotatable bonds is 4. The minimum atomic E-state index is -0.233. The van der Waals surface area contributed by atoms with Crippen molar-refractivity contribution in [1.82, 2.24) is 0 Å². The second kappa shape index (κ2) is 4.63. The topological polar surface area (TPSA) is 17.1 Å². The van der Waals surface area contributed by atoms with Crippen LogP contribution >= 0.6 is 22.9 Å². The average molecular weight is 203 g/mol. The Labute approximate surface area is 81.4 Å². The number of carbonyl (C=O) groups is 1. The number of thiophene rings is 1. The molecule has 0 aliphatic rings. The Bertz CT molecular complexity index is 267. The Morgan fingerprint density at radius 1 is 1.67 bits per heavy atom. The van der Waals surface area contributed by atoms with Crippen LogP contribution in [0.1, 0.15) is 23.3 Å². The van der Waals surface area contributed by atoms with Crippen molar-refractivity contribution in [2.45, 2.75) is 26.2 Å². The first-order valence-electron chi connectivity index (χ1n) is 3.91. The van der Waals surface area contributed by atoms with Gasteiger partial charge in [-0.25, -0.2) is 0 Å². The quantitative estimate of drug-likeness (QED) is 0.686. The van der Waals surface area contributed by atoms with E-state index in [2.05, 4.69) is 18.4 Å². The van der Waals surface area contributed by atoms with Crippen LogP contribution in [0.5, 0.6) is 0 Å². The van der Waals surface area contributed by atoms with Crippen LogP contribution in [0.15, 0.2) is 11.4 Å². The molecule has 0 fully saturated rings. The number of carbonyl (C=O) groups excluding carboxylic acids is 1. The zero-order valence-electron chi connectivity index (χ0n) is 6.97. The minimum Gasteiger partial charge on any atom is -0.281 e. The van der Waals surface area contributed by atoms with E-state index in [0.29, 0.717) is 6.42 Å². The van der Waals surface area contributed by atoms with E-state index in [1.807, 2.05) is 0 Å². The molecule has 3 heteroatoms. The minimum absolute atomic E-state index is 0.233. The summed E-state index contributed by atoms with van der Waals surface area (Å²) in [5, 5.41) is 1.89. The van der Waals surface area contributed by atoms with Crippen molar-refractivity contribution < 1.29 is 4.79 Å². The standard InChI is InChI=1S/C9H11ClOS/c1-7-5-8(12-6-7)3-2-4-9(10)11/h5-6H,2-4H2,1H3. The van der Waals surface area contributed by atoms with Crippen molar-refractivity contribution >= 4 is 28.2 Å². The molecule has 0 unspecified atom stereocenters. The summed E-state index contributed by atoms with van der Waals surface area (Å²) in [7, 11) is 0. The van der Waals surface area contributed by atoms with Crippen LogP contribution in [-0.2, 0) is 11.2 Å². The summed E-state index contributed by atoms with van der Waals surface area (Å²) in [5.41, 5.74) is 1.30. The van der Waals surface area contributed by atoms with Crippen molar-refractivity contribution in [2.24, 2.45) is 0 Å². The second-order valence-electron chi connectivity index (χ2n) is 2.80. The average Bonchev–Trinajstić information content (AvgIpc) is 2.35. The third kappa shape index (κ3) is 3.37. The monoisotopic (exact) mass is 202 g/mol. The third-order valence-electron chi connectivity index (χ3n) is 1.58. The second-order valence-corrected chi connectivity index (χ2v) is 4.22. The van der Waals surface area contributed by atoms with Gasteiger partial charge in [0, 0.05) is 11.3 Å². The highest BCUT2D eigenvalue weighted by molar-refractivity contribution is 7.10. The molecule has 0 saturated carbocycles. The van der Waals surface area contributed by atoms with Crippen molar-refractivity contribution in [1.29, 1.82) is 0 Å². The molecule has 0 aromatic carbocycles. The normalized spacial score (nSPS) is 10.2. The summed E-state index contributed by atoms with van der Waals surface area (Å²) in [6.07, 6.45) is 2.32. The third-order valence-corrected chi connectivity index (χ3v) is 2.88. The molecule has 0 radical (unpaired) electrons. The Hall–Kier alpha value is -0.340. The van der Waals surface area contributed by atoms with Gasteiger partial charge in [0.15, 0.2) is 0 Å². The number of hydrogen-bond donors (Lipinski definition) is 0. The summed E-state index contributed by atoms with van der Waals surface area (Å²) in [6, 6.07) is 2.16. The summed E-state index contributed by atoms with van der Waals surface area (Å²) in [6.45, 7) is 2.08. The zero-order valence-corrected chi connectivity index (χ0v) is 8.54. The fourth-order valence-electron chi connectivity index (χ4n) is 1.02. The molecule has 66 valence electrons. The van der Waals surface area contributed by atoms with Gasteiger partial charge in [0.25, 0.3) is 0 Å². The van der Waals surface area contributed by atoms with Crippen molar-refractivity contribution in [3.8, 4) is 0 Å². The number of aryl methyl sites for hydroxylation is 2. The molecule has 0 N–H and O–H groups in total. The van der Waals surface area contributed by atoms with Gasteiger partial charge in [0.05, 0.1) is 0 Å². The van der Waals surface area contributed by atoms with Gasteiger partial charge in [-0.05, 0) is 48.4 Å². The molecule has 1 rings (SSSR count). The molecule has 0 aliphatic heterocycles. The lowest BCUT2D eigenvalue weighted by Gasteiger charge is -1.92. The number of halogens is 1. The summed E-state index contributed by atoms with van der Waals surface area (Å²) in [4.78, 5) is 11.7. The highest BCUT2D eigenvalue weighted by Crippen LogP contribution is 2.16. The molecule has 1 aromatic rings. The predicted octanol–water partition coefficient (Wildman–Crippen LogP) is 3.14. The van der Waals surface area contributed by atoms with E-state index in [1.165, 1.54) is 10.4 Å². The van der Waals surface area contributed by atoms with E-state index in [9.17, 15) is 4.79 Å². The first kappa shape index (κ1) is 9.75. The van der Waals surface area contributed by atoms with Gasteiger partial charge in [0.2, 0.25) is 5.24 Å². The van der Waals surface area contributed by atoms with Crippen LogP contribution in [0.3, 0.4) is 0 Å². The van der Waals surface area contributed by atoms with Gasteiger partial charge >= 0.3 is 0 Å². The van der Waals surface area contributed by atoms with E-state index in [0.717, 1.165) is 12.8 Å². The van der Waals surface area contributed by atoms with Crippen molar-refractivity contribution in [2.75, 3.05) is 0 Å². The summed E-state index contributed by atoms with van der Waals surface area (Å²) >= 11 is 6.96. The van der Waals surface area contributed by atoms with E-state index in [1.54, 1.807) is 11.3 Å². The largest absolute Gasteiger partial charge is 0.281 e. The fraction of sp³-hybridized carbons (Fsp3) is 0.444. The predicted molar refractivity (Wildman–Crippen MR) is 52.9 cm³/mol. The maximum atomic E-state index is 10.4. The van der Waals surface area contributed by atoms with Gasteiger partial charge in [-0.1, -0.05) is 0 Å². The lowest BCUT2D eigenvalue weighted by atomic mass is 10.2.